The third-order valence-corrected chi connectivity index (χ3v) is 5.00. The van der Waals surface area contributed by atoms with Gasteiger partial charge in [-0.25, -0.2) is 0 Å². The normalized spacial score (nSPS) is 41.6. The van der Waals surface area contributed by atoms with Crippen molar-refractivity contribution in [3.63, 3.8) is 0 Å². The van der Waals surface area contributed by atoms with Crippen LogP contribution >= 0.6 is 0 Å². The molecule has 2 fully saturated rings. The van der Waals surface area contributed by atoms with E-state index in [0.29, 0.717) is 23.7 Å². The minimum absolute atomic E-state index is 0.0812. The van der Waals surface area contributed by atoms with Gasteiger partial charge >= 0.3 is 0 Å². The lowest BCUT2D eigenvalue weighted by Crippen LogP contribution is -2.40. The zero-order valence-corrected chi connectivity index (χ0v) is 12.6. The minimum atomic E-state index is -0.0812. The van der Waals surface area contributed by atoms with Gasteiger partial charge in [-0.15, -0.1) is 0 Å². The number of carbonyl (C=O) groups excluding carboxylic acids is 1. The van der Waals surface area contributed by atoms with E-state index in [2.05, 4.69) is 34.6 Å². The lowest BCUT2D eigenvalue weighted by Gasteiger charge is -2.40. The predicted molar refractivity (Wildman–Crippen MR) is 73.5 cm³/mol. The molecule has 0 aliphatic heterocycles. The maximum absolute atomic E-state index is 11.8. The van der Waals surface area contributed by atoms with Crippen LogP contribution in [-0.4, -0.2) is 17.5 Å². The number of hydrogen-bond acceptors (Lipinski definition) is 2. The SMILES string of the molecule is C[C@H]1CC(=O)CC[C@@]2(C)[C@@H](OC(C)(C)C)CC[C@H]12. The Hall–Kier alpha value is -0.370. The summed E-state index contributed by atoms with van der Waals surface area (Å²) in [5, 5.41) is 0. The van der Waals surface area contributed by atoms with Crippen molar-refractivity contribution >= 4 is 5.78 Å². The first kappa shape index (κ1) is 14.0. The van der Waals surface area contributed by atoms with Crippen LogP contribution in [0.4, 0.5) is 0 Å². The lowest BCUT2D eigenvalue weighted by molar-refractivity contribution is -0.120. The highest BCUT2D eigenvalue weighted by Gasteiger charge is 2.51. The Morgan fingerprint density at radius 1 is 1.28 bits per heavy atom. The van der Waals surface area contributed by atoms with Crippen LogP contribution in [-0.2, 0) is 9.53 Å². The summed E-state index contributed by atoms with van der Waals surface area (Å²) in [6.45, 7) is 11.0. The second-order valence-electron chi connectivity index (χ2n) is 7.63. The van der Waals surface area contributed by atoms with Gasteiger partial charge in [0.2, 0.25) is 0 Å². The number of hydrogen-bond donors (Lipinski definition) is 0. The van der Waals surface area contributed by atoms with Gasteiger partial charge in [-0.2, -0.15) is 0 Å². The summed E-state index contributed by atoms with van der Waals surface area (Å²) < 4.78 is 6.30. The molecule has 2 aliphatic rings. The molecular weight excluding hydrogens is 224 g/mol. The number of rotatable bonds is 1. The van der Waals surface area contributed by atoms with E-state index < -0.39 is 0 Å². The number of ether oxygens (including phenoxy) is 1. The van der Waals surface area contributed by atoms with Crippen LogP contribution < -0.4 is 0 Å². The summed E-state index contributed by atoms with van der Waals surface area (Å²) in [4.78, 5) is 11.8. The number of carbonyl (C=O) groups is 1. The monoisotopic (exact) mass is 252 g/mol. The number of ketones is 1. The molecule has 0 spiro atoms. The molecule has 2 aliphatic carbocycles. The van der Waals surface area contributed by atoms with Gasteiger partial charge in [0.15, 0.2) is 0 Å². The molecule has 0 saturated heterocycles. The molecule has 18 heavy (non-hydrogen) atoms. The van der Waals surface area contributed by atoms with Crippen LogP contribution in [0, 0.1) is 17.3 Å². The van der Waals surface area contributed by atoms with Crippen LogP contribution in [0.3, 0.4) is 0 Å². The lowest BCUT2D eigenvalue weighted by atomic mass is 9.71. The summed E-state index contributed by atoms with van der Waals surface area (Å²) in [5.74, 6) is 1.64. The van der Waals surface area contributed by atoms with Crippen LogP contribution in [0.25, 0.3) is 0 Å². The Morgan fingerprint density at radius 2 is 1.94 bits per heavy atom. The van der Waals surface area contributed by atoms with E-state index in [9.17, 15) is 4.79 Å². The van der Waals surface area contributed by atoms with E-state index >= 15 is 0 Å². The second-order valence-corrected chi connectivity index (χ2v) is 7.63. The van der Waals surface area contributed by atoms with Crippen molar-refractivity contribution in [3.05, 3.63) is 0 Å². The first-order chi connectivity index (χ1) is 8.22. The quantitative estimate of drug-likeness (QED) is 0.705. The molecular formula is C16H28O2. The molecule has 0 aromatic heterocycles. The molecule has 0 radical (unpaired) electrons. The van der Waals surface area contributed by atoms with Crippen molar-refractivity contribution in [2.45, 2.75) is 78.4 Å². The average Bonchev–Trinajstić information content (AvgIpc) is 2.46. The third-order valence-electron chi connectivity index (χ3n) is 5.00. The topological polar surface area (TPSA) is 26.3 Å². The largest absolute Gasteiger partial charge is 0.372 e. The molecule has 2 nitrogen and oxygen atoms in total. The zero-order chi connectivity index (χ0) is 13.6. The van der Waals surface area contributed by atoms with Crippen molar-refractivity contribution in [2.75, 3.05) is 0 Å². The van der Waals surface area contributed by atoms with Crippen molar-refractivity contribution in [1.82, 2.24) is 0 Å². The van der Waals surface area contributed by atoms with Gasteiger partial charge < -0.3 is 4.74 Å². The van der Waals surface area contributed by atoms with E-state index in [-0.39, 0.29) is 11.0 Å². The summed E-state index contributed by atoms with van der Waals surface area (Å²) in [6, 6.07) is 0. The molecule has 104 valence electrons. The predicted octanol–water partition coefficient (Wildman–Crippen LogP) is 3.98. The zero-order valence-electron chi connectivity index (χ0n) is 12.6. The minimum Gasteiger partial charge on any atom is -0.372 e. The van der Waals surface area contributed by atoms with Crippen LogP contribution in [0.15, 0.2) is 0 Å². The Bertz CT molecular complexity index is 328. The van der Waals surface area contributed by atoms with E-state index in [1.54, 1.807) is 0 Å². The van der Waals surface area contributed by atoms with Crippen LogP contribution in [0.1, 0.15) is 66.7 Å². The van der Waals surface area contributed by atoms with Crippen molar-refractivity contribution < 1.29 is 9.53 Å². The summed E-state index contributed by atoms with van der Waals surface area (Å²) in [7, 11) is 0. The van der Waals surface area contributed by atoms with Crippen LogP contribution in [0.5, 0.6) is 0 Å². The molecule has 0 heterocycles. The summed E-state index contributed by atoms with van der Waals surface area (Å²) in [6.07, 6.45) is 5.27. The van der Waals surface area contributed by atoms with Gasteiger partial charge in [0.25, 0.3) is 0 Å². The molecule has 0 amide bonds. The van der Waals surface area contributed by atoms with E-state index in [4.69, 9.17) is 4.74 Å². The molecule has 0 N–H and O–H groups in total. The Balaban J connectivity index is 2.20. The van der Waals surface area contributed by atoms with Crippen molar-refractivity contribution in [3.8, 4) is 0 Å². The fourth-order valence-electron chi connectivity index (χ4n) is 4.14. The summed E-state index contributed by atoms with van der Waals surface area (Å²) >= 11 is 0. The molecule has 0 unspecified atom stereocenters. The van der Waals surface area contributed by atoms with Gasteiger partial charge in [-0.1, -0.05) is 13.8 Å². The molecule has 0 aromatic rings. The fourth-order valence-corrected chi connectivity index (χ4v) is 4.14. The fraction of sp³-hybridized carbons (Fsp3) is 0.938. The first-order valence-corrected chi connectivity index (χ1v) is 7.42. The van der Waals surface area contributed by atoms with Gasteiger partial charge in [0.1, 0.15) is 5.78 Å². The maximum Gasteiger partial charge on any atom is 0.133 e. The third kappa shape index (κ3) is 2.64. The molecule has 2 heteroatoms. The molecule has 0 aromatic carbocycles. The van der Waals surface area contributed by atoms with Crippen LogP contribution in [0.2, 0.25) is 0 Å². The van der Waals surface area contributed by atoms with Gasteiger partial charge in [0, 0.05) is 12.8 Å². The van der Waals surface area contributed by atoms with Gasteiger partial charge in [0.05, 0.1) is 11.7 Å². The second kappa shape index (κ2) is 4.63. The molecule has 2 saturated carbocycles. The highest BCUT2D eigenvalue weighted by Crippen LogP contribution is 2.54. The average molecular weight is 252 g/mol. The van der Waals surface area contributed by atoms with Crippen molar-refractivity contribution in [1.29, 1.82) is 0 Å². The summed E-state index contributed by atoms with van der Waals surface area (Å²) in [5.41, 5.74) is 0.126. The Morgan fingerprint density at radius 3 is 2.56 bits per heavy atom. The first-order valence-electron chi connectivity index (χ1n) is 7.42. The van der Waals surface area contributed by atoms with Crippen molar-refractivity contribution in [2.24, 2.45) is 17.3 Å². The molecule has 0 bridgehead atoms. The number of fused-ring (bicyclic) bond motifs is 1. The molecule has 4 atom stereocenters. The number of Topliss-reactive ketones (excluding diaryl/α,β-unsaturated/α-hetero) is 1. The highest BCUT2D eigenvalue weighted by atomic mass is 16.5. The van der Waals surface area contributed by atoms with E-state index in [1.807, 2.05) is 0 Å². The Kier molecular flexibility index (Phi) is 3.61. The smallest absolute Gasteiger partial charge is 0.133 e. The van der Waals surface area contributed by atoms with Gasteiger partial charge in [-0.3, -0.25) is 4.79 Å². The highest BCUT2D eigenvalue weighted by molar-refractivity contribution is 5.79. The Labute approximate surface area is 111 Å². The standard InChI is InChI=1S/C16H28O2/c1-11-10-12(17)8-9-16(5)13(11)6-7-14(16)18-15(2,3)4/h11,13-14H,6-10H2,1-5H3/t11-,13+,14-,16+/m0/s1. The molecule has 2 rings (SSSR count). The maximum atomic E-state index is 11.8. The van der Waals surface area contributed by atoms with E-state index in [1.165, 1.54) is 6.42 Å². The van der Waals surface area contributed by atoms with E-state index in [0.717, 1.165) is 25.7 Å². The van der Waals surface area contributed by atoms with Gasteiger partial charge in [-0.05, 0) is 57.3 Å².